The van der Waals surface area contributed by atoms with Gasteiger partial charge < -0.3 is 16.0 Å². The van der Waals surface area contributed by atoms with Crippen molar-refractivity contribution < 1.29 is 4.79 Å². The summed E-state index contributed by atoms with van der Waals surface area (Å²) in [5, 5.41) is 3.27. The van der Waals surface area contributed by atoms with Gasteiger partial charge in [0.15, 0.2) is 0 Å². The predicted molar refractivity (Wildman–Crippen MR) is 64.2 cm³/mol. The summed E-state index contributed by atoms with van der Waals surface area (Å²) in [7, 11) is 0. The number of nitrogens with one attached hydrogen (secondary N) is 1. The van der Waals surface area contributed by atoms with Crippen LogP contribution < -0.4 is 11.1 Å². The maximum absolute atomic E-state index is 12.2. The van der Waals surface area contributed by atoms with Crippen molar-refractivity contribution in [2.24, 2.45) is 0 Å². The quantitative estimate of drug-likeness (QED) is 0.684. The Kier molecular flexibility index (Phi) is 3.41. The van der Waals surface area contributed by atoms with E-state index in [1.807, 2.05) is 17.0 Å². The molecule has 1 aromatic rings. The molecule has 0 atom stereocenters. The van der Waals surface area contributed by atoms with Gasteiger partial charge in [0.05, 0.1) is 5.56 Å². The van der Waals surface area contributed by atoms with Crippen molar-refractivity contribution in [3.63, 3.8) is 0 Å². The normalized spacial score (nSPS) is 16.9. The first-order valence-corrected chi connectivity index (χ1v) is 5.63. The maximum Gasteiger partial charge on any atom is 0.255 e. The van der Waals surface area contributed by atoms with Gasteiger partial charge in [0.2, 0.25) is 0 Å². The Morgan fingerprint density at radius 1 is 1.25 bits per heavy atom. The third kappa shape index (κ3) is 2.33. The van der Waals surface area contributed by atoms with E-state index in [1.165, 1.54) is 0 Å². The van der Waals surface area contributed by atoms with E-state index in [-0.39, 0.29) is 5.91 Å². The molecule has 0 spiro atoms. The molecule has 1 aliphatic heterocycles. The number of nitrogens with zero attached hydrogens (tertiary/aromatic N) is 1. The number of hydrogen-bond donors (Lipinski definition) is 2. The van der Waals surface area contributed by atoms with Crippen LogP contribution in [0.15, 0.2) is 24.3 Å². The van der Waals surface area contributed by atoms with E-state index in [4.69, 9.17) is 5.73 Å². The van der Waals surface area contributed by atoms with Gasteiger partial charge in [-0.25, -0.2) is 0 Å². The molecule has 2 rings (SSSR count). The molecule has 1 fully saturated rings. The van der Waals surface area contributed by atoms with Crippen molar-refractivity contribution in [2.45, 2.75) is 6.42 Å². The minimum atomic E-state index is 0.0433. The second kappa shape index (κ2) is 4.99. The Morgan fingerprint density at radius 2 is 2.06 bits per heavy atom. The molecule has 0 radical (unpaired) electrons. The lowest BCUT2D eigenvalue weighted by Gasteiger charge is -2.20. The minimum Gasteiger partial charge on any atom is -0.398 e. The Bertz CT molecular complexity index is 370. The number of rotatable bonds is 1. The molecule has 1 amide bonds. The fourth-order valence-electron chi connectivity index (χ4n) is 1.91. The van der Waals surface area contributed by atoms with Crippen molar-refractivity contribution in [1.29, 1.82) is 0 Å². The van der Waals surface area contributed by atoms with Gasteiger partial charge in [-0.2, -0.15) is 0 Å². The van der Waals surface area contributed by atoms with Crippen LogP contribution in [0.3, 0.4) is 0 Å². The van der Waals surface area contributed by atoms with Crippen molar-refractivity contribution in [3.05, 3.63) is 29.8 Å². The molecule has 1 aliphatic rings. The Hall–Kier alpha value is -1.55. The summed E-state index contributed by atoms with van der Waals surface area (Å²) >= 11 is 0. The van der Waals surface area contributed by atoms with Gasteiger partial charge in [-0.3, -0.25) is 4.79 Å². The van der Waals surface area contributed by atoms with Crippen LogP contribution in [0.4, 0.5) is 5.69 Å². The molecule has 0 bridgehead atoms. The van der Waals surface area contributed by atoms with E-state index >= 15 is 0 Å². The van der Waals surface area contributed by atoms with E-state index in [2.05, 4.69) is 5.32 Å². The van der Waals surface area contributed by atoms with Crippen molar-refractivity contribution in [3.8, 4) is 0 Å². The first-order chi connectivity index (χ1) is 7.79. The predicted octanol–water partition coefficient (Wildman–Crippen LogP) is 0.704. The lowest BCUT2D eigenvalue weighted by molar-refractivity contribution is 0.0767. The van der Waals surface area contributed by atoms with Crippen molar-refractivity contribution in [2.75, 3.05) is 31.9 Å². The number of anilines is 1. The van der Waals surface area contributed by atoms with Crippen LogP contribution in [0.1, 0.15) is 16.8 Å². The number of benzene rings is 1. The molecule has 4 nitrogen and oxygen atoms in total. The summed E-state index contributed by atoms with van der Waals surface area (Å²) in [5.41, 5.74) is 6.98. The summed E-state index contributed by atoms with van der Waals surface area (Å²) in [6.45, 7) is 3.40. The molecule has 4 heteroatoms. The number of nitrogen functional groups attached to an aromatic ring is 1. The Morgan fingerprint density at radius 3 is 2.88 bits per heavy atom. The highest BCUT2D eigenvalue weighted by Gasteiger charge is 2.18. The third-order valence-corrected chi connectivity index (χ3v) is 2.82. The van der Waals surface area contributed by atoms with Gasteiger partial charge in [-0.15, -0.1) is 0 Å². The number of nitrogens with two attached hydrogens (primary N) is 1. The summed E-state index contributed by atoms with van der Waals surface area (Å²) in [5.74, 6) is 0.0433. The first-order valence-electron chi connectivity index (χ1n) is 5.63. The average Bonchev–Trinajstić information content (AvgIpc) is 2.57. The van der Waals surface area contributed by atoms with Gasteiger partial charge in [0, 0.05) is 25.3 Å². The van der Waals surface area contributed by atoms with Crippen LogP contribution in [0, 0.1) is 0 Å². The van der Waals surface area contributed by atoms with E-state index in [1.54, 1.807) is 12.1 Å². The van der Waals surface area contributed by atoms with Crippen molar-refractivity contribution in [1.82, 2.24) is 10.2 Å². The highest BCUT2D eigenvalue weighted by atomic mass is 16.2. The number of para-hydroxylation sites is 1. The second-order valence-corrected chi connectivity index (χ2v) is 3.98. The second-order valence-electron chi connectivity index (χ2n) is 3.98. The van der Waals surface area contributed by atoms with Crippen LogP contribution >= 0.6 is 0 Å². The van der Waals surface area contributed by atoms with Gasteiger partial charge in [0.25, 0.3) is 5.91 Å². The molecule has 16 heavy (non-hydrogen) atoms. The molecular weight excluding hydrogens is 202 g/mol. The molecule has 0 unspecified atom stereocenters. The topological polar surface area (TPSA) is 58.4 Å². The number of carbonyl (C=O) groups excluding carboxylic acids is 1. The fraction of sp³-hybridized carbons (Fsp3) is 0.417. The number of carbonyl (C=O) groups is 1. The first kappa shape index (κ1) is 11.0. The van der Waals surface area contributed by atoms with Crippen LogP contribution in [0.2, 0.25) is 0 Å². The maximum atomic E-state index is 12.2. The lowest BCUT2D eigenvalue weighted by Crippen LogP contribution is -2.34. The molecule has 1 aromatic carbocycles. The smallest absolute Gasteiger partial charge is 0.255 e. The van der Waals surface area contributed by atoms with Crippen molar-refractivity contribution >= 4 is 11.6 Å². The summed E-state index contributed by atoms with van der Waals surface area (Å²) in [6, 6.07) is 7.25. The fourth-order valence-corrected chi connectivity index (χ4v) is 1.91. The van der Waals surface area contributed by atoms with Crippen LogP contribution in [-0.4, -0.2) is 37.0 Å². The van der Waals surface area contributed by atoms with Crippen LogP contribution in [0.5, 0.6) is 0 Å². The highest BCUT2D eigenvalue weighted by Crippen LogP contribution is 2.14. The Balaban J connectivity index is 2.14. The molecule has 0 aromatic heterocycles. The largest absolute Gasteiger partial charge is 0.398 e. The molecule has 1 saturated heterocycles. The van der Waals surface area contributed by atoms with Gasteiger partial charge in [-0.1, -0.05) is 12.1 Å². The summed E-state index contributed by atoms with van der Waals surface area (Å²) in [4.78, 5) is 14.1. The van der Waals surface area contributed by atoms with Gasteiger partial charge in [-0.05, 0) is 25.1 Å². The van der Waals surface area contributed by atoms with E-state index in [9.17, 15) is 4.79 Å². The van der Waals surface area contributed by atoms with E-state index < -0.39 is 0 Å². The third-order valence-electron chi connectivity index (χ3n) is 2.82. The van der Waals surface area contributed by atoms with Crippen LogP contribution in [0.25, 0.3) is 0 Å². The SMILES string of the molecule is Nc1ccccc1C(=O)N1CCCNCC1. The van der Waals surface area contributed by atoms with E-state index in [0.29, 0.717) is 11.3 Å². The van der Waals surface area contributed by atoms with Crippen LogP contribution in [-0.2, 0) is 0 Å². The molecule has 0 saturated carbocycles. The van der Waals surface area contributed by atoms with E-state index in [0.717, 1.165) is 32.6 Å². The summed E-state index contributed by atoms with van der Waals surface area (Å²) in [6.07, 6.45) is 0.998. The Labute approximate surface area is 95.4 Å². The number of amides is 1. The standard InChI is InChI=1S/C12H17N3O/c13-11-5-2-1-4-10(11)12(16)15-8-3-6-14-7-9-15/h1-2,4-5,14H,3,6-9,13H2. The van der Waals surface area contributed by atoms with Gasteiger partial charge >= 0.3 is 0 Å². The molecule has 0 aliphatic carbocycles. The zero-order chi connectivity index (χ0) is 11.4. The summed E-state index contributed by atoms with van der Waals surface area (Å²) < 4.78 is 0. The molecule has 1 heterocycles. The average molecular weight is 219 g/mol. The molecule has 86 valence electrons. The zero-order valence-electron chi connectivity index (χ0n) is 9.28. The zero-order valence-corrected chi connectivity index (χ0v) is 9.28. The van der Waals surface area contributed by atoms with Gasteiger partial charge in [0.1, 0.15) is 0 Å². The number of hydrogen-bond acceptors (Lipinski definition) is 3. The molecular formula is C12H17N3O. The minimum absolute atomic E-state index is 0.0433. The highest BCUT2D eigenvalue weighted by molar-refractivity contribution is 5.99. The lowest BCUT2D eigenvalue weighted by atomic mass is 10.1. The molecule has 3 N–H and O–H groups in total. The monoisotopic (exact) mass is 219 g/mol.